The standard InChI is InChI=1S/C22H25Cl2NO4/c1-3-19(27)20-11-18(22(28)25-16-4-6-17(26)7-5-16)21(29-20)12(2)13-8-14(23)10-15(24)9-13/h8-12,16-17,26H,3-7H2,1-2H3,(H,25,28). The van der Waals surface area contributed by atoms with Gasteiger partial charge in [0.2, 0.25) is 0 Å². The van der Waals surface area contributed by atoms with E-state index in [-0.39, 0.29) is 41.9 Å². The number of Topliss-reactive ketones (excluding diaryl/α,β-unsaturated/α-hetero) is 1. The van der Waals surface area contributed by atoms with Gasteiger partial charge in [0.1, 0.15) is 5.76 Å². The third kappa shape index (κ3) is 5.21. The molecule has 1 aromatic heterocycles. The molecular formula is C22H25Cl2NO4. The van der Waals surface area contributed by atoms with Crippen molar-refractivity contribution in [2.24, 2.45) is 0 Å². The van der Waals surface area contributed by atoms with Crippen molar-refractivity contribution in [2.75, 3.05) is 0 Å². The second kappa shape index (κ2) is 9.33. The summed E-state index contributed by atoms with van der Waals surface area (Å²) in [4.78, 5) is 25.2. The molecule has 0 aliphatic heterocycles. The number of benzene rings is 1. The van der Waals surface area contributed by atoms with Gasteiger partial charge >= 0.3 is 0 Å². The van der Waals surface area contributed by atoms with Crippen LogP contribution in [0, 0.1) is 0 Å². The molecule has 2 N–H and O–H groups in total. The maximum absolute atomic E-state index is 13.0. The van der Waals surface area contributed by atoms with E-state index in [9.17, 15) is 14.7 Å². The number of rotatable bonds is 6. The highest BCUT2D eigenvalue weighted by Gasteiger charge is 2.28. The number of halogens is 2. The molecule has 1 aromatic carbocycles. The molecule has 5 nitrogen and oxygen atoms in total. The van der Waals surface area contributed by atoms with E-state index in [2.05, 4.69) is 5.32 Å². The van der Waals surface area contributed by atoms with E-state index in [1.807, 2.05) is 6.92 Å². The maximum Gasteiger partial charge on any atom is 0.255 e. The monoisotopic (exact) mass is 437 g/mol. The smallest absolute Gasteiger partial charge is 0.255 e. The topological polar surface area (TPSA) is 79.5 Å². The Kier molecular flexibility index (Phi) is 7.04. The van der Waals surface area contributed by atoms with E-state index in [0.717, 1.165) is 18.4 Å². The number of hydrogen-bond donors (Lipinski definition) is 2. The van der Waals surface area contributed by atoms with Crippen molar-refractivity contribution in [3.8, 4) is 0 Å². The molecule has 1 saturated carbocycles. The molecule has 1 unspecified atom stereocenters. The first-order valence-electron chi connectivity index (χ1n) is 9.90. The Morgan fingerprint density at radius 2 is 1.76 bits per heavy atom. The summed E-state index contributed by atoms with van der Waals surface area (Å²) >= 11 is 12.3. The van der Waals surface area contributed by atoms with Gasteiger partial charge in [0, 0.05) is 34.5 Å². The van der Waals surface area contributed by atoms with Gasteiger partial charge in [-0.25, -0.2) is 0 Å². The van der Waals surface area contributed by atoms with Gasteiger partial charge in [0.05, 0.1) is 11.7 Å². The van der Waals surface area contributed by atoms with Crippen LogP contribution in [-0.4, -0.2) is 28.9 Å². The van der Waals surface area contributed by atoms with Crippen molar-refractivity contribution in [3.05, 3.63) is 57.0 Å². The van der Waals surface area contributed by atoms with Crippen molar-refractivity contribution in [1.29, 1.82) is 0 Å². The zero-order valence-electron chi connectivity index (χ0n) is 16.5. The lowest BCUT2D eigenvalue weighted by Gasteiger charge is -2.26. The van der Waals surface area contributed by atoms with Crippen LogP contribution in [0.4, 0.5) is 0 Å². The van der Waals surface area contributed by atoms with Crippen LogP contribution in [-0.2, 0) is 0 Å². The molecule has 0 radical (unpaired) electrons. The Hall–Kier alpha value is -1.82. The zero-order valence-corrected chi connectivity index (χ0v) is 18.0. The van der Waals surface area contributed by atoms with Crippen molar-refractivity contribution in [1.82, 2.24) is 5.32 Å². The molecule has 1 aliphatic rings. The van der Waals surface area contributed by atoms with Crippen LogP contribution in [0.5, 0.6) is 0 Å². The largest absolute Gasteiger partial charge is 0.456 e. The number of furan rings is 1. The highest BCUT2D eigenvalue weighted by molar-refractivity contribution is 6.34. The molecule has 3 rings (SSSR count). The number of carbonyl (C=O) groups is 2. The van der Waals surface area contributed by atoms with Gasteiger partial charge in [0.25, 0.3) is 5.91 Å². The van der Waals surface area contributed by atoms with Gasteiger partial charge in [-0.2, -0.15) is 0 Å². The van der Waals surface area contributed by atoms with Crippen LogP contribution >= 0.6 is 23.2 Å². The van der Waals surface area contributed by atoms with Gasteiger partial charge in [-0.15, -0.1) is 0 Å². The number of aliphatic hydroxyl groups excluding tert-OH is 1. The van der Waals surface area contributed by atoms with E-state index in [0.29, 0.717) is 34.2 Å². The van der Waals surface area contributed by atoms with Crippen LogP contribution in [0.15, 0.2) is 28.7 Å². The lowest BCUT2D eigenvalue weighted by Crippen LogP contribution is -2.38. The molecule has 0 saturated heterocycles. The van der Waals surface area contributed by atoms with Crippen LogP contribution < -0.4 is 5.32 Å². The zero-order chi connectivity index (χ0) is 21.1. The summed E-state index contributed by atoms with van der Waals surface area (Å²) in [5, 5.41) is 13.7. The minimum atomic E-state index is -0.321. The molecule has 0 bridgehead atoms. The number of amides is 1. The third-order valence-electron chi connectivity index (χ3n) is 5.41. The van der Waals surface area contributed by atoms with Crippen molar-refractivity contribution in [2.45, 2.75) is 64.0 Å². The molecule has 156 valence electrons. The Bertz CT molecular complexity index is 880. The first-order chi connectivity index (χ1) is 13.8. The summed E-state index contributed by atoms with van der Waals surface area (Å²) in [5.41, 5.74) is 1.14. The molecule has 1 aliphatic carbocycles. The van der Waals surface area contributed by atoms with Crippen LogP contribution in [0.2, 0.25) is 10.0 Å². The average molecular weight is 438 g/mol. The van der Waals surface area contributed by atoms with E-state index in [4.69, 9.17) is 27.6 Å². The second-order valence-electron chi connectivity index (χ2n) is 7.57. The Morgan fingerprint density at radius 1 is 1.14 bits per heavy atom. The Labute approximate surface area is 180 Å². The predicted octanol–water partition coefficient (Wildman–Crippen LogP) is 5.36. The van der Waals surface area contributed by atoms with Gasteiger partial charge < -0.3 is 14.8 Å². The summed E-state index contributed by atoms with van der Waals surface area (Å²) in [6.07, 6.45) is 2.77. The second-order valence-corrected chi connectivity index (χ2v) is 8.44. The highest BCUT2D eigenvalue weighted by Crippen LogP contribution is 2.33. The lowest BCUT2D eigenvalue weighted by molar-refractivity contribution is 0.0865. The fourth-order valence-electron chi connectivity index (χ4n) is 3.68. The number of hydrogen-bond acceptors (Lipinski definition) is 4. The molecule has 1 amide bonds. The molecule has 1 fully saturated rings. The van der Waals surface area contributed by atoms with E-state index >= 15 is 0 Å². The summed E-state index contributed by atoms with van der Waals surface area (Å²) in [6, 6.07) is 6.70. The minimum Gasteiger partial charge on any atom is -0.456 e. The normalized spacial score (nSPS) is 20.3. The minimum absolute atomic E-state index is 0.00473. The predicted molar refractivity (Wildman–Crippen MR) is 113 cm³/mol. The van der Waals surface area contributed by atoms with E-state index in [1.54, 1.807) is 25.1 Å². The number of aliphatic hydroxyl groups is 1. The summed E-state index contributed by atoms with van der Waals surface area (Å²) < 4.78 is 5.85. The Morgan fingerprint density at radius 3 is 2.34 bits per heavy atom. The maximum atomic E-state index is 13.0. The summed E-state index contributed by atoms with van der Waals surface area (Å²) in [6.45, 7) is 3.63. The molecule has 29 heavy (non-hydrogen) atoms. The van der Waals surface area contributed by atoms with E-state index < -0.39 is 0 Å². The van der Waals surface area contributed by atoms with E-state index in [1.165, 1.54) is 6.07 Å². The fourth-order valence-corrected chi connectivity index (χ4v) is 4.22. The van der Waals surface area contributed by atoms with Crippen LogP contribution in [0.25, 0.3) is 0 Å². The SMILES string of the molecule is CCC(=O)c1cc(C(=O)NC2CCC(O)CC2)c(C(C)c2cc(Cl)cc(Cl)c2)o1. The highest BCUT2D eigenvalue weighted by atomic mass is 35.5. The first-order valence-corrected chi connectivity index (χ1v) is 10.7. The first kappa shape index (κ1) is 21.9. The van der Waals surface area contributed by atoms with Crippen molar-refractivity contribution in [3.63, 3.8) is 0 Å². The third-order valence-corrected chi connectivity index (χ3v) is 5.85. The fraction of sp³-hybridized carbons (Fsp3) is 0.455. The van der Waals surface area contributed by atoms with Gasteiger partial charge in [-0.1, -0.05) is 37.0 Å². The van der Waals surface area contributed by atoms with Crippen LogP contribution in [0.1, 0.15) is 84.1 Å². The van der Waals surface area contributed by atoms with Crippen LogP contribution in [0.3, 0.4) is 0 Å². The number of carbonyl (C=O) groups excluding carboxylic acids is 2. The van der Waals surface area contributed by atoms with Gasteiger partial charge in [0.15, 0.2) is 11.5 Å². The van der Waals surface area contributed by atoms with Crippen molar-refractivity contribution < 1.29 is 19.1 Å². The Balaban J connectivity index is 1.91. The number of ketones is 1. The molecular weight excluding hydrogens is 413 g/mol. The molecule has 1 heterocycles. The molecule has 2 aromatic rings. The molecule has 1 atom stereocenters. The average Bonchev–Trinajstić information content (AvgIpc) is 3.13. The number of nitrogens with one attached hydrogen (secondary N) is 1. The van der Waals surface area contributed by atoms with Gasteiger partial charge in [-0.3, -0.25) is 9.59 Å². The molecule has 7 heteroatoms. The summed E-state index contributed by atoms with van der Waals surface area (Å²) in [5.74, 6) is -0.179. The quantitative estimate of drug-likeness (QED) is 0.595. The lowest BCUT2D eigenvalue weighted by atomic mass is 9.92. The summed E-state index contributed by atoms with van der Waals surface area (Å²) in [7, 11) is 0. The molecule has 0 spiro atoms. The van der Waals surface area contributed by atoms with Crippen molar-refractivity contribution >= 4 is 34.9 Å². The van der Waals surface area contributed by atoms with Gasteiger partial charge in [-0.05, 0) is 49.4 Å².